The quantitative estimate of drug-likeness (QED) is 0.225. The molecule has 0 aliphatic heterocycles. The molecule has 6 heteroatoms. The number of amides is 1. The Balaban J connectivity index is 2.02. The summed E-state index contributed by atoms with van der Waals surface area (Å²) in [7, 11) is 0. The zero-order valence-electron chi connectivity index (χ0n) is 20.8. The van der Waals surface area contributed by atoms with Gasteiger partial charge in [-0.05, 0) is 57.3 Å². The summed E-state index contributed by atoms with van der Waals surface area (Å²) >= 11 is 0. The van der Waals surface area contributed by atoms with Gasteiger partial charge in [-0.3, -0.25) is 9.48 Å². The Labute approximate surface area is 200 Å². The van der Waals surface area contributed by atoms with E-state index in [4.69, 9.17) is 5.11 Å². The highest BCUT2D eigenvalue weighted by atomic mass is 16.3. The fourth-order valence-electron chi connectivity index (χ4n) is 3.28. The molecule has 6 nitrogen and oxygen atoms in total. The number of allylic oxidation sites excluding steroid dienone is 8. The first-order valence-electron chi connectivity index (χ1n) is 12.3. The molecule has 0 aliphatic rings. The first-order valence-corrected chi connectivity index (χ1v) is 12.3. The van der Waals surface area contributed by atoms with E-state index in [1.165, 1.54) is 12.8 Å². The molecule has 1 rings (SSSR count). The number of hydrogen-bond donors (Lipinski definition) is 2. The zero-order chi connectivity index (χ0) is 24.2. The molecule has 1 aromatic heterocycles. The predicted octanol–water partition coefficient (Wildman–Crippen LogP) is 5.54. The van der Waals surface area contributed by atoms with Gasteiger partial charge in [0.25, 0.3) is 0 Å². The van der Waals surface area contributed by atoms with Gasteiger partial charge in [0.05, 0.1) is 6.61 Å². The van der Waals surface area contributed by atoms with Crippen molar-refractivity contribution in [3.05, 3.63) is 61.3 Å². The van der Waals surface area contributed by atoms with Crippen LogP contribution in [0.4, 0.5) is 0 Å². The maximum absolute atomic E-state index is 11.6. The highest BCUT2D eigenvalue weighted by molar-refractivity contribution is 5.76. The standard InChI is InChI=1S/C27H44N4O2/c1-25(22-32)30-26(33)18-14-12-10-8-6-4-5-7-9-11-13-15-19-27(2,3)20-16-17-21-31-24-28-23-29-31/h4-5,8-11,15,19,23-25,32H,6-7,12-14,16-18,20-22H2,1-3H3,(H,30,33)/b5-4-,10-8-,11-9-,19-15-/t25-/m1/s1. The fourth-order valence-corrected chi connectivity index (χ4v) is 3.28. The summed E-state index contributed by atoms with van der Waals surface area (Å²) in [4.78, 5) is 15.6. The fraction of sp³-hybridized carbons (Fsp3) is 0.593. The third-order valence-corrected chi connectivity index (χ3v) is 5.27. The zero-order valence-corrected chi connectivity index (χ0v) is 20.8. The van der Waals surface area contributed by atoms with E-state index in [0.29, 0.717) is 6.42 Å². The van der Waals surface area contributed by atoms with E-state index in [2.05, 4.69) is 77.9 Å². The summed E-state index contributed by atoms with van der Waals surface area (Å²) in [6.07, 6.45) is 29.6. The second-order valence-corrected chi connectivity index (χ2v) is 9.17. The SMILES string of the molecule is C[C@H](CO)NC(=O)CCC/C=C\C/C=C\C/C=C\C/C=C\C(C)(C)CCCCn1cncn1. The van der Waals surface area contributed by atoms with Gasteiger partial charge in [0.1, 0.15) is 12.7 Å². The minimum absolute atomic E-state index is 0.00872. The number of aromatic nitrogens is 3. The second kappa shape index (κ2) is 18.0. The van der Waals surface area contributed by atoms with E-state index in [1.54, 1.807) is 19.6 Å². The number of aliphatic hydroxyl groups excluding tert-OH is 1. The molecule has 1 atom stereocenters. The largest absolute Gasteiger partial charge is 0.394 e. The second-order valence-electron chi connectivity index (χ2n) is 9.17. The number of aliphatic hydroxyl groups is 1. The van der Waals surface area contributed by atoms with Crippen LogP contribution in [0.25, 0.3) is 0 Å². The number of aryl methyl sites for hydroxylation is 1. The van der Waals surface area contributed by atoms with Crippen molar-refractivity contribution in [1.29, 1.82) is 0 Å². The van der Waals surface area contributed by atoms with Crippen LogP contribution in [0.15, 0.2) is 61.3 Å². The van der Waals surface area contributed by atoms with E-state index < -0.39 is 0 Å². The summed E-state index contributed by atoms with van der Waals surface area (Å²) in [6, 6.07) is -0.165. The van der Waals surface area contributed by atoms with Gasteiger partial charge in [-0.15, -0.1) is 0 Å². The third kappa shape index (κ3) is 16.8. The molecule has 0 bridgehead atoms. The molecule has 0 aromatic carbocycles. The first kappa shape index (κ1) is 28.6. The smallest absolute Gasteiger partial charge is 0.220 e. The first-order chi connectivity index (χ1) is 15.9. The molecule has 2 N–H and O–H groups in total. The molecule has 0 aliphatic carbocycles. The minimum atomic E-state index is -0.165. The molecule has 33 heavy (non-hydrogen) atoms. The van der Waals surface area contributed by atoms with E-state index in [9.17, 15) is 4.79 Å². The minimum Gasteiger partial charge on any atom is -0.394 e. The van der Waals surface area contributed by atoms with Crippen LogP contribution >= 0.6 is 0 Å². The lowest BCUT2D eigenvalue weighted by Crippen LogP contribution is -2.34. The predicted molar refractivity (Wildman–Crippen MR) is 137 cm³/mol. The molecule has 1 heterocycles. The van der Waals surface area contributed by atoms with Crippen molar-refractivity contribution >= 4 is 5.91 Å². The summed E-state index contributed by atoms with van der Waals surface area (Å²) in [5.41, 5.74) is 0.226. The third-order valence-electron chi connectivity index (χ3n) is 5.27. The van der Waals surface area contributed by atoms with Crippen LogP contribution in [-0.2, 0) is 11.3 Å². The monoisotopic (exact) mass is 456 g/mol. The number of carbonyl (C=O) groups excluding carboxylic acids is 1. The molecule has 0 fully saturated rings. The van der Waals surface area contributed by atoms with Gasteiger partial charge in [0, 0.05) is 19.0 Å². The lowest BCUT2D eigenvalue weighted by molar-refractivity contribution is -0.122. The van der Waals surface area contributed by atoms with Gasteiger partial charge >= 0.3 is 0 Å². The van der Waals surface area contributed by atoms with Gasteiger partial charge < -0.3 is 10.4 Å². The van der Waals surface area contributed by atoms with Gasteiger partial charge in [-0.2, -0.15) is 5.10 Å². The van der Waals surface area contributed by atoms with E-state index in [-0.39, 0.29) is 24.0 Å². The molecule has 1 amide bonds. The van der Waals surface area contributed by atoms with Crippen molar-refractivity contribution in [1.82, 2.24) is 20.1 Å². The van der Waals surface area contributed by atoms with Gasteiger partial charge in [-0.25, -0.2) is 4.98 Å². The van der Waals surface area contributed by atoms with Crippen molar-refractivity contribution in [2.45, 2.75) is 91.1 Å². The number of carbonyl (C=O) groups is 1. The normalized spacial score (nSPS) is 13.7. The van der Waals surface area contributed by atoms with Crippen molar-refractivity contribution in [3.63, 3.8) is 0 Å². The number of nitrogens with zero attached hydrogens (tertiary/aromatic N) is 3. The maximum atomic E-state index is 11.6. The van der Waals surface area contributed by atoms with Gasteiger partial charge in [0.2, 0.25) is 5.91 Å². The van der Waals surface area contributed by atoms with E-state index >= 15 is 0 Å². The number of rotatable bonds is 18. The van der Waals surface area contributed by atoms with Gasteiger partial charge in [0.15, 0.2) is 0 Å². The van der Waals surface area contributed by atoms with Crippen molar-refractivity contribution in [2.24, 2.45) is 5.41 Å². The molecule has 1 aromatic rings. The number of hydrogen-bond acceptors (Lipinski definition) is 4. The van der Waals surface area contributed by atoms with Crippen LogP contribution in [0.3, 0.4) is 0 Å². The van der Waals surface area contributed by atoms with Crippen LogP contribution in [0.1, 0.15) is 78.6 Å². The number of unbranched alkanes of at least 4 members (excludes halogenated alkanes) is 2. The average molecular weight is 457 g/mol. The Morgan fingerprint density at radius 1 is 1.03 bits per heavy atom. The number of nitrogens with one attached hydrogen (secondary N) is 1. The van der Waals surface area contributed by atoms with Crippen molar-refractivity contribution in [3.8, 4) is 0 Å². The summed E-state index contributed by atoms with van der Waals surface area (Å²) in [5.74, 6) is 0.00872. The Hall–Kier alpha value is -2.47. The Bertz CT molecular complexity index is 733. The van der Waals surface area contributed by atoms with Crippen LogP contribution in [0, 0.1) is 5.41 Å². The molecular formula is C27H44N4O2. The van der Waals surface area contributed by atoms with Crippen LogP contribution in [0.5, 0.6) is 0 Å². The lowest BCUT2D eigenvalue weighted by atomic mass is 9.86. The summed E-state index contributed by atoms with van der Waals surface area (Å²) < 4.78 is 1.89. The van der Waals surface area contributed by atoms with E-state index in [1.807, 2.05) is 4.68 Å². The molecule has 0 saturated carbocycles. The molecule has 184 valence electrons. The van der Waals surface area contributed by atoms with E-state index in [0.717, 1.165) is 45.1 Å². The summed E-state index contributed by atoms with van der Waals surface area (Å²) in [5, 5.41) is 15.8. The average Bonchev–Trinajstić information content (AvgIpc) is 3.30. The Morgan fingerprint density at radius 3 is 2.33 bits per heavy atom. The maximum Gasteiger partial charge on any atom is 0.220 e. The molecular weight excluding hydrogens is 412 g/mol. The van der Waals surface area contributed by atoms with Crippen LogP contribution in [-0.4, -0.2) is 38.4 Å². The topological polar surface area (TPSA) is 80.0 Å². The Kier molecular flexibility index (Phi) is 15.6. The van der Waals surface area contributed by atoms with Crippen molar-refractivity contribution < 1.29 is 9.90 Å². The highest BCUT2D eigenvalue weighted by Gasteiger charge is 2.12. The Morgan fingerprint density at radius 2 is 1.70 bits per heavy atom. The van der Waals surface area contributed by atoms with Crippen LogP contribution < -0.4 is 5.32 Å². The van der Waals surface area contributed by atoms with Crippen LogP contribution in [0.2, 0.25) is 0 Å². The molecule has 0 spiro atoms. The van der Waals surface area contributed by atoms with Crippen molar-refractivity contribution in [2.75, 3.05) is 6.61 Å². The molecule has 0 saturated heterocycles. The molecule has 0 radical (unpaired) electrons. The summed E-state index contributed by atoms with van der Waals surface area (Å²) in [6.45, 7) is 7.31. The lowest BCUT2D eigenvalue weighted by Gasteiger charge is -2.19. The highest BCUT2D eigenvalue weighted by Crippen LogP contribution is 2.25. The van der Waals surface area contributed by atoms with Gasteiger partial charge in [-0.1, -0.05) is 68.9 Å². The molecule has 0 unspecified atom stereocenters.